The Hall–Kier alpha value is -3.64. The molecule has 6 heteroatoms. The van der Waals surface area contributed by atoms with Crippen molar-refractivity contribution in [2.24, 2.45) is 0 Å². The minimum absolute atomic E-state index is 0.0779. The summed E-state index contributed by atoms with van der Waals surface area (Å²) < 4.78 is 5.38. The van der Waals surface area contributed by atoms with Crippen molar-refractivity contribution in [2.75, 3.05) is 30.9 Å². The molecule has 3 aromatic rings. The summed E-state index contributed by atoms with van der Waals surface area (Å²) in [4.78, 5) is 27.7. The summed E-state index contributed by atoms with van der Waals surface area (Å²) in [5.74, 6) is 0.468. The van der Waals surface area contributed by atoms with Crippen molar-refractivity contribution < 1.29 is 14.3 Å². The van der Waals surface area contributed by atoms with E-state index in [1.807, 2.05) is 50.4 Å². The molecule has 0 spiro atoms. The molecule has 0 fully saturated rings. The molecule has 0 aromatic heterocycles. The maximum Gasteiger partial charge on any atom is 0.258 e. The average molecular weight is 430 g/mol. The number of carbonyl (C=O) groups is 2. The number of ether oxygens (including phenoxy) is 1. The monoisotopic (exact) mass is 429 g/mol. The van der Waals surface area contributed by atoms with Gasteiger partial charge in [-0.1, -0.05) is 24.3 Å². The molecule has 1 heterocycles. The minimum Gasteiger partial charge on any atom is -0.497 e. The lowest BCUT2D eigenvalue weighted by atomic mass is 9.95. The highest BCUT2D eigenvalue weighted by atomic mass is 16.5. The number of hydrogen-bond donors (Lipinski definition) is 2. The van der Waals surface area contributed by atoms with Gasteiger partial charge in [0.2, 0.25) is 0 Å². The fraction of sp³-hybridized carbons (Fsp3) is 0.231. The molecule has 0 aliphatic carbocycles. The third kappa shape index (κ3) is 4.22. The SMILES string of the molecule is CNC1CCN(C(=O)c2ccc(NC(=O)c3ccccc3C)cc2)c2cc(OC)ccc21. The van der Waals surface area contributed by atoms with Gasteiger partial charge in [0, 0.05) is 35.5 Å². The van der Waals surface area contributed by atoms with E-state index in [9.17, 15) is 9.59 Å². The molecule has 4 rings (SSSR count). The van der Waals surface area contributed by atoms with E-state index in [-0.39, 0.29) is 17.9 Å². The minimum atomic E-state index is -0.169. The first kappa shape index (κ1) is 21.6. The van der Waals surface area contributed by atoms with Crippen LogP contribution in [0.4, 0.5) is 11.4 Å². The number of benzene rings is 3. The summed E-state index contributed by atoms with van der Waals surface area (Å²) in [6.45, 7) is 2.51. The van der Waals surface area contributed by atoms with E-state index in [2.05, 4.69) is 10.6 Å². The summed E-state index contributed by atoms with van der Waals surface area (Å²) in [6.07, 6.45) is 0.826. The Labute approximate surface area is 188 Å². The van der Waals surface area contributed by atoms with Gasteiger partial charge in [-0.2, -0.15) is 0 Å². The van der Waals surface area contributed by atoms with Gasteiger partial charge in [0.15, 0.2) is 0 Å². The number of amides is 2. The van der Waals surface area contributed by atoms with E-state index >= 15 is 0 Å². The second kappa shape index (κ2) is 9.24. The molecule has 0 bridgehead atoms. The Morgan fingerprint density at radius 3 is 2.47 bits per heavy atom. The molecule has 1 aliphatic heterocycles. The quantitative estimate of drug-likeness (QED) is 0.623. The third-order valence-electron chi connectivity index (χ3n) is 5.92. The van der Waals surface area contributed by atoms with Crippen LogP contribution < -0.4 is 20.3 Å². The van der Waals surface area contributed by atoms with Gasteiger partial charge in [0.1, 0.15) is 5.75 Å². The molecule has 3 aromatic carbocycles. The van der Waals surface area contributed by atoms with Crippen molar-refractivity contribution in [3.05, 3.63) is 89.0 Å². The predicted octanol–water partition coefficient (Wildman–Crippen LogP) is 4.57. The number of nitrogens with zero attached hydrogens (tertiary/aromatic N) is 1. The largest absolute Gasteiger partial charge is 0.497 e. The normalized spacial score (nSPS) is 15.1. The van der Waals surface area contributed by atoms with Gasteiger partial charge in [-0.15, -0.1) is 0 Å². The Morgan fingerprint density at radius 1 is 1.03 bits per heavy atom. The Bertz CT molecular complexity index is 1140. The van der Waals surface area contributed by atoms with E-state index in [1.165, 1.54) is 0 Å². The number of nitrogens with one attached hydrogen (secondary N) is 2. The zero-order valence-electron chi connectivity index (χ0n) is 18.5. The zero-order valence-corrected chi connectivity index (χ0v) is 18.5. The molecule has 0 saturated heterocycles. The first-order chi connectivity index (χ1) is 15.5. The second-order valence-corrected chi connectivity index (χ2v) is 7.86. The lowest BCUT2D eigenvalue weighted by Gasteiger charge is -2.34. The average Bonchev–Trinajstić information content (AvgIpc) is 2.83. The van der Waals surface area contributed by atoms with Crippen LogP contribution in [0.3, 0.4) is 0 Å². The highest BCUT2D eigenvalue weighted by Crippen LogP contribution is 2.37. The first-order valence-electron chi connectivity index (χ1n) is 10.7. The van der Waals surface area contributed by atoms with Gasteiger partial charge in [0.05, 0.1) is 12.8 Å². The Kier molecular flexibility index (Phi) is 6.23. The van der Waals surface area contributed by atoms with E-state index in [0.29, 0.717) is 29.1 Å². The third-order valence-corrected chi connectivity index (χ3v) is 5.92. The van der Waals surface area contributed by atoms with Crippen LogP contribution in [-0.2, 0) is 0 Å². The van der Waals surface area contributed by atoms with E-state index in [1.54, 1.807) is 42.3 Å². The lowest BCUT2D eigenvalue weighted by molar-refractivity contribution is 0.0982. The summed E-state index contributed by atoms with van der Waals surface area (Å²) in [6, 6.07) is 20.5. The Balaban J connectivity index is 1.54. The van der Waals surface area contributed by atoms with Gasteiger partial charge in [0.25, 0.3) is 11.8 Å². The maximum absolute atomic E-state index is 13.3. The van der Waals surface area contributed by atoms with Gasteiger partial charge in [-0.25, -0.2) is 0 Å². The topological polar surface area (TPSA) is 70.7 Å². The van der Waals surface area contributed by atoms with Crippen LogP contribution in [0.5, 0.6) is 5.75 Å². The van der Waals surface area contributed by atoms with Crippen LogP contribution in [0.15, 0.2) is 66.7 Å². The van der Waals surface area contributed by atoms with Gasteiger partial charge >= 0.3 is 0 Å². The molecule has 0 radical (unpaired) electrons. The number of methoxy groups -OCH3 is 1. The molecular weight excluding hydrogens is 402 g/mol. The Morgan fingerprint density at radius 2 is 1.78 bits per heavy atom. The second-order valence-electron chi connectivity index (χ2n) is 7.86. The molecule has 6 nitrogen and oxygen atoms in total. The first-order valence-corrected chi connectivity index (χ1v) is 10.7. The van der Waals surface area contributed by atoms with Crippen molar-refractivity contribution in [1.29, 1.82) is 0 Å². The number of aryl methyl sites for hydroxylation is 1. The summed E-state index contributed by atoms with van der Waals surface area (Å²) in [5, 5.41) is 6.22. The summed E-state index contributed by atoms with van der Waals surface area (Å²) in [7, 11) is 3.55. The van der Waals surface area contributed by atoms with Gasteiger partial charge < -0.3 is 20.3 Å². The van der Waals surface area contributed by atoms with E-state index < -0.39 is 0 Å². The molecule has 164 valence electrons. The number of carbonyl (C=O) groups excluding carboxylic acids is 2. The van der Waals surface area contributed by atoms with Crippen LogP contribution in [0, 0.1) is 6.92 Å². The molecule has 1 unspecified atom stereocenters. The molecule has 1 aliphatic rings. The molecule has 0 saturated carbocycles. The van der Waals surface area contributed by atoms with E-state index in [0.717, 1.165) is 23.2 Å². The van der Waals surface area contributed by atoms with Crippen molar-refractivity contribution in [1.82, 2.24) is 5.32 Å². The number of hydrogen-bond acceptors (Lipinski definition) is 4. The number of rotatable bonds is 5. The lowest BCUT2D eigenvalue weighted by Crippen LogP contribution is -2.39. The smallest absolute Gasteiger partial charge is 0.258 e. The van der Waals surface area contributed by atoms with Crippen LogP contribution in [-0.4, -0.2) is 32.5 Å². The van der Waals surface area contributed by atoms with Crippen molar-refractivity contribution in [3.63, 3.8) is 0 Å². The van der Waals surface area contributed by atoms with Crippen LogP contribution in [0.1, 0.15) is 44.3 Å². The van der Waals surface area contributed by atoms with Crippen LogP contribution >= 0.6 is 0 Å². The number of fused-ring (bicyclic) bond motifs is 1. The van der Waals surface area contributed by atoms with Gasteiger partial charge in [-0.3, -0.25) is 9.59 Å². The fourth-order valence-electron chi connectivity index (χ4n) is 4.10. The van der Waals surface area contributed by atoms with Crippen LogP contribution in [0.25, 0.3) is 0 Å². The standard InChI is InChI=1S/C26H27N3O3/c1-17-6-4-5-7-21(17)25(30)28-19-10-8-18(9-11-19)26(31)29-15-14-23(27-2)22-13-12-20(32-3)16-24(22)29/h4-13,16,23,27H,14-15H2,1-3H3,(H,28,30). The maximum atomic E-state index is 13.3. The summed E-state index contributed by atoms with van der Waals surface area (Å²) in [5.41, 5.74) is 4.69. The number of anilines is 2. The highest BCUT2D eigenvalue weighted by Gasteiger charge is 2.29. The molecule has 1 atom stereocenters. The molecule has 2 amide bonds. The zero-order chi connectivity index (χ0) is 22.7. The van der Waals surface area contributed by atoms with Crippen molar-refractivity contribution >= 4 is 23.2 Å². The van der Waals surface area contributed by atoms with Crippen molar-refractivity contribution in [2.45, 2.75) is 19.4 Å². The molecular formula is C26H27N3O3. The van der Waals surface area contributed by atoms with Crippen molar-refractivity contribution in [3.8, 4) is 5.75 Å². The molecule has 32 heavy (non-hydrogen) atoms. The highest BCUT2D eigenvalue weighted by molar-refractivity contribution is 6.08. The summed E-state index contributed by atoms with van der Waals surface area (Å²) >= 11 is 0. The molecule has 2 N–H and O–H groups in total. The van der Waals surface area contributed by atoms with Crippen LogP contribution in [0.2, 0.25) is 0 Å². The van der Waals surface area contributed by atoms with E-state index in [4.69, 9.17) is 4.74 Å². The van der Waals surface area contributed by atoms with Gasteiger partial charge in [-0.05, 0) is 67.9 Å². The fourth-order valence-corrected chi connectivity index (χ4v) is 4.10. The predicted molar refractivity (Wildman–Crippen MR) is 127 cm³/mol.